The number of amides is 2. The summed E-state index contributed by atoms with van der Waals surface area (Å²) in [5, 5.41) is 4.97. The Labute approximate surface area is 130 Å². The number of rotatable bonds is 3. The number of carbonyl (C=O) groups excluding carboxylic acids is 2. The third kappa shape index (κ3) is 3.64. The third-order valence-corrected chi connectivity index (χ3v) is 3.34. The van der Waals surface area contributed by atoms with Crippen molar-refractivity contribution < 1.29 is 27.5 Å². The number of urea groups is 1. The second-order valence-electron chi connectivity index (χ2n) is 4.91. The largest absolute Gasteiger partial charge is 0.463 e. The molecule has 1 aliphatic heterocycles. The molecule has 1 aromatic rings. The van der Waals surface area contributed by atoms with Gasteiger partial charge in [-0.3, -0.25) is 0 Å². The first-order valence-electron chi connectivity index (χ1n) is 6.86. The number of carbonyl (C=O) groups is 2. The van der Waals surface area contributed by atoms with Crippen LogP contribution in [0.25, 0.3) is 0 Å². The zero-order chi connectivity index (χ0) is 17.2. The molecule has 1 aromatic carbocycles. The van der Waals surface area contributed by atoms with Gasteiger partial charge in [-0.05, 0) is 31.5 Å². The van der Waals surface area contributed by atoms with Crippen molar-refractivity contribution in [1.82, 2.24) is 10.6 Å². The Bertz CT molecular complexity index is 651. The third-order valence-electron chi connectivity index (χ3n) is 3.34. The SMILES string of the molecule is CCOC(=O)C1=C(C)NC(=O)NC1c1ccc(C(F)(F)F)cc1. The normalized spacial score (nSPS) is 18.3. The average molecular weight is 328 g/mol. The van der Waals surface area contributed by atoms with Crippen LogP contribution < -0.4 is 10.6 Å². The molecule has 2 rings (SSSR count). The van der Waals surface area contributed by atoms with E-state index in [4.69, 9.17) is 4.74 Å². The molecule has 2 amide bonds. The van der Waals surface area contributed by atoms with Crippen molar-refractivity contribution in [3.8, 4) is 0 Å². The number of allylic oxidation sites excluding steroid dienone is 1. The first kappa shape index (κ1) is 16.9. The van der Waals surface area contributed by atoms with Crippen LogP contribution in [0.4, 0.5) is 18.0 Å². The second kappa shape index (κ2) is 6.31. The summed E-state index contributed by atoms with van der Waals surface area (Å²) < 4.78 is 42.8. The molecule has 0 saturated heterocycles. The molecule has 124 valence electrons. The lowest BCUT2D eigenvalue weighted by atomic mass is 9.95. The van der Waals surface area contributed by atoms with E-state index in [1.54, 1.807) is 6.92 Å². The molecule has 0 radical (unpaired) electrons. The van der Waals surface area contributed by atoms with Gasteiger partial charge in [0.15, 0.2) is 0 Å². The highest BCUT2D eigenvalue weighted by Crippen LogP contribution is 2.32. The van der Waals surface area contributed by atoms with E-state index in [2.05, 4.69) is 10.6 Å². The minimum absolute atomic E-state index is 0.142. The highest BCUT2D eigenvalue weighted by Gasteiger charge is 2.34. The molecule has 23 heavy (non-hydrogen) atoms. The molecule has 1 unspecified atom stereocenters. The molecule has 0 aliphatic carbocycles. The fourth-order valence-electron chi connectivity index (χ4n) is 2.29. The van der Waals surface area contributed by atoms with Crippen LogP contribution in [-0.2, 0) is 15.7 Å². The molecule has 1 aliphatic rings. The minimum atomic E-state index is -4.45. The summed E-state index contributed by atoms with van der Waals surface area (Å²) in [6.45, 7) is 3.31. The van der Waals surface area contributed by atoms with E-state index in [1.807, 2.05) is 0 Å². The number of hydrogen-bond donors (Lipinski definition) is 2. The van der Waals surface area contributed by atoms with Crippen molar-refractivity contribution >= 4 is 12.0 Å². The summed E-state index contributed by atoms with van der Waals surface area (Å²) in [6.07, 6.45) is -4.45. The smallest absolute Gasteiger partial charge is 0.416 e. The number of ether oxygens (including phenoxy) is 1. The number of esters is 1. The zero-order valence-corrected chi connectivity index (χ0v) is 12.5. The summed E-state index contributed by atoms with van der Waals surface area (Å²) in [5.41, 5.74) is 0.0125. The first-order valence-corrected chi connectivity index (χ1v) is 6.86. The zero-order valence-electron chi connectivity index (χ0n) is 12.5. The van der Waals surface area contributed by atoms with Crippen molar-refractivity contribution in [1.29, 1.82) is 0 Å². The van der Waals surface area contributed by atoms with E-state index in [0.29, 0.717) is 11.3 Å². The molecular formula is C15H15F3N2O3. The number of halogens is 3. The minimum Gasteiger partial charge on any atom is -0.463 e. The van der Waals surface area contributed by atoms with Crippen molar-refractivity contribution in [2.75, 3.05) is 6.61 Å². The molecular weight excluding hydrogens is 313 g/mol. The van der Waals surface area contributed by atoms with Gasteiger partial charge >= 0.3 is 18.2 Å². The van der Waals surface area contributed by atoms with Gasteiger partial charge in [-0.2, -0.15) is 13.2 Å². The Kier molecular flexibility index (Phi) is 4.63. The van der Waals surface area contributed by atoms with Gasteiger partial charge in [-0.25, -0.2) is 9.59 Å². The van der Waals surface area contributed by atoms with Gasteiger partial charge in [0.2, 0.25) is 0 Å². The summed E-state index contributed by atoms with van der Waals surface area (Å²) in [7, 11) is 0. The maximum atomic E-state index is 12.6. The van der Waals surface area contributed by atoms with E-state index >= 15 is 0 Å². The standard InChI is InChI=1S/C15H15F3N2O3/c1-3-23-13(21)11-8(2)19-14(22)20-12(11)9-4-6-10(7-5-9)15(16,17)18/h4-7,12H,3H2,1-2H3,(H2,19,20,22). The number of nitrogens with one attached hydrogen (secondary N) is 2. The Morgan fingerprint density at radius 3 is 2.39 bits per heavy atom. The predicted molar refractivity (Wildman–Crippen MR) is 75.2 cm³/mol. The molecule has 8 heteroatoms. The first-order chi connectivity index (χ1) is 10.7. The molecule has 0 spiro atoms. The van der Waals surface area contributed by atoms with E-state index in [1.165, 1.54) is 19.1 Å². The molecule has 5 nitrogen and oxygen atoms in total. The van der Waals surface area contributed by atoms with Gasteiger partial charge in [0.1, 0.15) is 0 Å². The molecule has 0 aromatic heterocycles. The van der Waals surface area contributed by atoms with Crippen LogP contribution >= 0.6 is 0 Å². The molecule has 1 heterocycles. The number of benzene rings is 1. The maximum absolute atomic E-state index is 12.6. The summed E-state index contributed by atoms with van der Waals surface area (Å²) in [4.78, 5) is 23.7. The Morgan fingerprint density at radius 1 is 1.26 bits per heavy atom. The maximum Gasteiger partial charge on any atom is 0.416 e. The molecule has 0 fully saturated rings. The van der Waals surface area contributed by atoms with Gasteiger partial charge in [-0.1, -0.05) is 12.1 Å². The van der Waals surface area contributed by atoms with Crippen molar-refractivity contribution in [2.45, 2.75) is 26.1 Å². The Hall–Kier alpha value is -2.51. The van der Waals surface area contributed by atoms with Crippen LogP contribution in [0.1, 0.15) is 31.0 Å². The summed E-state index contributed by atoms with van der Waals surface area (Å²) >= 11 is 0. The summed E-state index contributed by atoms with van der Waals surface area (Å²) in [6, 6.07) is 2.85. The number of hydrogen-bond acceptors (Lipinski definition) is 3. The predicted octanol–water partition coefficient (Wildman–Crippen LogP) is 2.90. The topological polar surface area (TPSA) is 67.4 Å². The molecule has 2 N–H and O–H groups in total. The van der Waals surface area contributed by atoms with E-state index in [9.17, 15) is 22.8 Å². The van der Waals surface area contributed by atoms with Gasteiger partial charge < -0.3 is 15.4 Å². The van der Waals surface area contributed by atoms with Crippen molar-refractivity contribution in [3.05, 3.63) is 46.7 Å². The summed E-state index contributed by atoms with van der Waals surface area (Å²) in [5.74, 6) is -0.637. The van der Waals surface area contributed by atoms with Crippen LogP contribution in [0, 0.1) is 0 Å². The molecule has 1 atom stereocenters. The molecule has 0 bridgehead atoms. The van der Waals surface area contributed by atoms with Crippen LogP contribution in [-0.4, -0.2) is 18.6 Å². The van der Waals surface area contributed by atoms with Crippen LogP contribution in [0.3, 0.4) is 0 Å². The number of alkyl halides is 3. The second-order valence-corrected chi connectivity index (χ2v) is 4.91. The average Bonchev–Trinajstić information content (AvgIpc) is 2.45. The lowest BCUT2D eigenvalue weighted by Gasteiger charge is -2.28. The van der Waals surface area contributed by atoms with Crippen molar-refractivity contribution in [3.63, 3.8) is 0 Å². The quantitative estimate of drug-likeness (QED) is 0.839. The van der Waals surface area contributed by atoms with Crippen LogP contribution in [0.5, 0.6) is 0 Å². The van der Waals surface area contributed by atoms with Crippen LogP contribution in [0.2, 0.25) is 0 Å². The monoisotopic (exact) mass is 328 g/mol. The lowest BCUT2D eigenvalue weighted by molar-refractivity contribution is -0.139. The highest BCUT2D eigenvalue weighted by molar-refractivity contribution is 5.95. The van der Waals surface area contributed by atoms with Crippen LogP contribution in [0.15, 0.2) is 35.5 Å². The Morgan fingerprint density at radius 2 is 1.87 bits per heavy atom. The van der Waals surface area contributed by atoms with Crippen molar-refractivity contribution in [2.24, 2.45) is 0 Å². The van der Waals surface area contributed by atoms with E-state index in [0.717, 1.165) is 12.1 Å². The Balaban J connectivity index is 2.40. The fourth-order valence-corrected chi connectivity index (χ4v) is 2.29. The fraction of sp³-hybridized carbons (Fsp3) is 0.333. The van der Waals surface area contributed by atoms with Gasteiger partial charge in [0, 0.05) is 5.70 Å². The van der Waals surface area contributed by atoms with Gasteiger partial charge in [0.05, 0.1) is 23.8 Å². The molecule has 0 saturated carbocycles. The van der Waals surface area contributed by atoms with Gasteiger partial charge in [0.25, 0.3) is 0 Å². The highest BCUT2D eigenvalue weighted by atomic mass is 19.4. The lowest BCUT2D eigenvalue weighted by Crippen LogP contribution is -2.45. The van der Waals surface area contributed by atoms with E-state index < -0.39 is 29.8 Å². The van der Waals surface area contributed by atoms with Gasteiger partial charge in [-0.15, -0.1) is 0 Å². The van der Waals surface area contributed by atoms with E-state index in [-0.39, 0.29) is 12.2 Å².